The van der Waals surface area contributed by atoms with Crippen molar-refractivity contribution in [1.29, 1.82) is 0 Å². The van der Waals surface area contributed by atoms with Crippen LogP contribution in [-0.2, 0) is 13.6 Å². The number of anilines is 1. The monoisotopic (exact) mass is 251 g/mol. The van der Waals surface area contributed by atoms with Crippen LogP contribution in [0.1, 0.15) is 18.2 Å². The quantitative estimate of drug-likeness (QED) is 0.853. The first-order chi connectivity index (χ1) is 8.45. The van der Waals surface area contributed by atoms with E-state index in [1.54, 1.807) is 0 Å². The second-order valence-electron chi connectivity index (χ2n) is 5.63. The van der Waals surface area contributed by atoms with Gasteiger partial charge in [0.15, 0.2) is 0 Å². The molecule has 1 saturated heterocycles. The summed E-state index contributed by atoms with van der Waals surface area (Å²) >= 11 is 0. The third kappa shape index (κ3) is 2.12. The summed E-state index contributed by atoms with van der Waals surface area (Å²) in [5, 5.41) is 4.50. The zero-order valence-electron chi connectivity index (χ0n) is 12.1. The highest BCUT2D eigenvalue weighted by Crippen LogP contribution is 2.29. The first-order valence-corrected chi connectivity index (χ1v) is 6.59. The number of hydrogen-bond donors (Lipinski definition) is 1. The minimum atomic E-state index is 0.562. The summed E-state index contributed by atoms with van der Waals surface area (Å²) in [6.07, 6.45) is 0. The van der Waals surface area contributed by atoms with Crippen LogP contribution in [0.15, 0.2) is 0 Å². The second-order valence-corrected chi connectivity index (χ2v) is 5.63. The lowest BCUT2D eigenvalue weighted by atomic mass is 10.1. The lowest BCUT2D eigenvalue weighted by Crippen LogP contribution is -2.34. The van der Waals surface area contributed by atoms with Crippen molar-refractivity contribution < 1.29 is 0 Å². The lowest BCUT2D eigenvalue weighted by molar-refractivity contribution is 0.266. The molecule has 18 heavy (non-hydrogen) atoms. The predicted molar refractivity (Wildman–Crippen MR) is 74.7 cm³/mol. The first kappa shape index (κ1) is 13.4. The molecule has 1 aromatic rings. The van der Waals surface area contributed by atoms with Crippen molar-refractivity contribution >= 4 is 5.82 Å². The summed E-state index contributed by atoms with van der Waals surface area (Å²) < 4.78 is 1.97. The van der Waals surface area contributed by atoms with Gasteiger partial charge in [-0.05, 0) is 26.9 Å². The van der Waals surface area contributed by atoms with Crippen LogP contribution in [0.5, 0.6) is 0 Å². The van der Waals surface area contributed by atoms with Crippen LogP contribution < -0.4 is 10.6 Å². The summed E-state index contributed by atoms with van der Waals surface area (Å²) in [5.41, 5.74) is 8.11. The third-order valence-electron chi connectivity index (χ3n) is 4.05. The standard InChI is InChI=1S/C13H25N5/c1-9-7-18(8-12(9)16(3)4)13-11(6-14)10(2)15-17(13)5/h9,12H,6-8,14H2,1-5H3. The molecule has 2 heterocycles. The van der Waals surface area contributed by atoms with E-state index >= 15 is 0 Å². The number of hydrogen-bond acceptors (Lipinski definition) is 4. The van der Waals surface area contributed by atoms with Gasteiger partial charge in [-0.2, -0.15) is 5.10 Å². The summed E-state index contributed by atoms with van der Waals surface area (Å²) in [6.45, 7) is 7.05. The van der Waals surface area contributed by atoms with Crippen LogP contribution in [0.25, 0.3) is 0 Å². The fourth-order valence-corrected chi connectivity index (χ4v) is 3.12. The Morgan fingerprint density at radius 3 is 2.56 bits per heavy atom. The van der Waals surface area contributed by atoms with Gasteiger partial charge in [0, 0.05) is 38.3 Å². The Morgan fingerprint density at radius 2 is 2.06 bits per heavy atom. The number of rotatable bonds is 3. The summed E-state index contributed by atoms with van der Waals surface area (Å²) in [4.78, 5) is 4.74. The van der Waals surface area contributed by atoms with Gasteiger partial charge in [-0.1, -0.05) is 6.92 Å². The van der Waals surface area contributed by atoms with Gasteiger partial charge in [0.25, 0.3) is 0 Å². The fraction of sp³-hybridized carbons (Fsp3) is 0.769. The van der Waals surface area contributed by atoms with E-state index in [1.807, 2.05) is 18.7 Å². The molecule has 0 aromatic carbocycles. The van der Waals surface area contributed by atoms with Gasteiger partial charge >= 0.3 is 0 Å². The smallest absolute Gasteiger partial charge is 0.131 e. The molecule has 5 nitrogen and oxygen atoms in total. The molecule has 0 radical (unpaired) electrons. The molecule has 0 bridgehead atoms. The molecule has 2 unspecified atom stereocenters. The molecule has 102 valence electrons. The first-order valence-electron chi connectivity index (χ1n) is 6.59. The van der Waals surface area contributed by atoms with Gasteiger partial charge < -0.3 is 15.5 Å². The highest BCUT2D eigenvalue weighted by atomic mass is 15.4. The predicted octanol–water partition coefficient (Wildman–Crippen LogP) is 0.574. The Hall–Kier alpha value is -1.07. The average molecular weight is 251 g/mol. The van der Waals surface area contributed by atoms with E-state index in [2.05, 4.69) is 35.9 Å². The molecular formula is C13H25N5. The molecule has 5 heteroatoms. The SMILES string of the molecule is Cc1nn(C)c(N2CC(C)C(N(C)C)C2)c1CN. The minimum Gasteiger partial charge on any atom is -0.355 e. The van der Waals surface area contributed by atoms with Crippen molar-refractivity contribution in [3.05, 3.63) is 11.3 Å². The van der Waals surface area contributed by atoms with E-state index in [0.29, 0.717) is 18.5 Å². The molecule has 0 amide bonds. The van der Waals surface area contributed by atoms with Crippen LogP contribution >= 0.6 is 0 Å². The van der Waals surface area contributed by atoms with Crippen molar-refractivity contribution in [3.8, 4) is 0 Å². The topological polar surface area (TPSA) is 50.3 Å². The number of likely N-dealkylation sites (N-methyl/N-ethyl adjacent to an activating group) is 1. The molecular weight excluding hydrogens is 226 g/mol. The molecule has 2 N–H and O–H groups in total. The summed E-state index contributed by atoms with van der Waals surface area (Å²) in [5.74, 6) is 1.87. The Balaban J connectivity index is 2.29. The molecule has 0 spiro atoms. The van der Waals surface area contributed by atoms with E-state index in [9.17, 15) is 0 Å². The Labute approximate surface area is 110 Å². The van der Waals surface area contributed by atoms with Crippen molar-refractivity contribution in [1.82, 2.24) is 14.7 Å². The zero-order valence-corrected chi connectivity index (χ0v) is 12.1. The normalized spacial score (nSPS) is 24.3. The number of nitrogens with two attached hydrogens (primary N) is 1. The molecule has 0 saturated carbocycles. The van der Waals surface area contributed by atoms with Gasteiger partial charge in [0.05, 0.1) is 5.69 Å². The number of aryl methyl sites for hydroxylation is 2. The van der Waals surface area contributed by atoms with Crippen LogP contribution in [0, 0.1) is 12.8 Å². The summed E-state index contributed by atoms with van der Waals surface area (Å²) in [7, 11) is 6.32. The van der Waals surface area contributed by atoms with E-state index in [0.717, 1.165) is 18.8 Å². The Kier molecular flexibility index (Phi) is 3.64. The maximum atomic E-state index is 5.87. The number of nitrogens with zero attached hydrogens (tertiary/aromatic N) is 4. The van der Waals surface area contributed by atoms with Crippen molar-refractivity contribution in [2.45, 2.75) is 26.4 Å². The van der Waals surface area contributed by atoms with Gasteiger partial charge in [-0.3, -0.25) is 4.68 Å². The minimum absolute atomic E-state index is 0.562. The molecule has 1 aromatic heterocycles. The fourth-order valence-electron chi connectivity index (χ4n) is 3.12. The van der Waals surface area contributed by atoms with Gasteiger partial charge in [0.1, 0.15) is 5.82 Å². The Bertz CT molecular complexity index is 423. The van der Waals surface area contributed by atoms with Crippen LogP contribution in [0.3, 0.4) is 0 Å². The van der Waals surface area contributed by atoms with E-state index < -0.39 is 0 Å². The van der Waals surface area contributed by atoms with Gasteiger partial charge in [0.2, 0.25) is 0 Å². The zero-order chi connectivity index (χ0) is 13.4. The largest absolute Gasteiger partial charge is 0.355 e. The molecule has 1 aliphatic heterocycles. The van der Waals surface area contributed by atoms with Crippen LogP contribution in [-0.4, -0.2) is 47.9 Å². The summed E-state index contributed by atoms with van der Waals surface area (Å²) in [6, 6.07) is 0.603. The highest BCUT2D eigenvalue weighted by Gasteiger charge is 2.33. The second kappa shape index (κ2) is 4.90. The van der Waals surface area contributed by atoms with Crippen molar-refractivity contribution in [2.24, 2.45) is 18.7 Å². The lowest BCUT2D eigenvalue weighted by Gasteiger charge is -2.23. The van der Waals surface area contributed by atoms with Crippen LogP contribution in [0.2, 0.25) is 0 Å². The van der Waals surface area contributed by atoms with E-state index in [4.69, 9.17) is 5.73 Å². The van der Waals surface area contributed by atoms with E-state index in [1.165, 1.54) is 11.4 Å². The molecule has 2 atom stereocenters. The molecule has 1 aliphatic rings. The van der Waals surface area contributed by atoms with E-state index in [-0.39, 0.29) is 0 Å². The van der Waals surface area contributed by atoms with Crippen molar-refractivity contribution in [3.63, 3.8) is 0 Å². The molecule has 1 fully saturated rings. The maximum absolute atomic E-state index is 5.87. The average Bonchev–Trinajstić information content (AvgIpc) is 2.78. The third-order valence-corrected chi connectivity index (χ3v) is 4.05. The number of aromatic nitrogens is 2. The van der Waals surface area contributed by atoms with Gasteiger partial charge in [-0.15, -0.1) is 0 Å². The highest BCUT2D eigenvalue weighted by molar-refractivity contribution is 5.51. The van der Waals surface area contributed by atoms with Crippen LogP contribution in [0.4, 0.5) is 5.82 Å². The molecule has 2 rings (SSSR count). The van der Waals surface area contributed by atoms with Gasteiger partial charge in [-0.25, -0.2) is 0 Å². The Morgan fingerprint density at radius 1 is 1.39 bits per heavy atom. The van der Waals surface area contributed by atoms with Crippen molar-refractivity contribution in [2.75, 3.05) is 32.1 Å². The maximum Gasteiger partial charge on any atom is 0.131 e. The molecule has 0 aliphatic carbocycles.